The van der Waals surface area contributed by atoms with Gasteiger partial charge in [-0.05, 0) is 23.8 Å². The molecule has 4 N–H and O–H groups in total. The number of benzene rings is 1. The molecule has 0 saturated heterocycles. The molecule has 0 atom stereocenters. The van der Waals surface area contributed by atoms with E-state index in [1.165, 1.54) is 19.1 Å². The van der Waals surface area contributed by atoms with Crippen molar-refractivity contribution in [1.29, 1.82) is 0 Å². The number of nitrogens with two attached hydrogens (primary N) is 1. The summed E-state index contributed by atoms with van der Waals surface area (Å²) >= 11 is 0. The third-order valence-electron chi connectivity index (χ3n) is 1.62. The van der Waals surface area contributed by atoms with Gasteiger partial charge in [-0.1, -0.05) is 0 Å². The largest absolute Gasteiger partial charge is 0.508 e. The highest BCUT2D eigenvalue weighted by Crippen LogP contribution is 2.20. The van der Waals surface area contributed by atoms with Crippen LogP contribution in [0.3, 0.4) is 0 Å². The molecule has 0 aliphatic heterocycles. The SMILES string of the molecule is CC(=O)Nc1ccc(O)cc1CN. The van der Waals surface area contributed by atoms with E-state index in [9.17, 15) is 4.79 Å². The molecule has 0 aliphatic carbocycles. The number of phenolic OH excluding ortho intramolecular Hbond substituents is 1. The molecule has 1 aromatic rings. The number of carbonyl (C=O) groups is 1. The Bertz CT molecular complexity index is 323. The Labute approximate surface area is 76.4 Å². The molecule has 0 saturated carbocycles. The maximum Gasteiger partial charge on any atom is 0.221 e. The molecule has 1 amide bonds. The number of rotatable bonds is 2. The Morgan fingerprint density at radius 2 is 2.31 bits per heavy atom. The molecule has 1 aromatic carbocycles. The smallest absolute Gasteiger partial charge is 0.221 e. The maximum absolute atomic E-state index is 10.8. The lowest BCUT2D eigenvalue weighted by Crippen LogP contribution is -2.09. The van der Waals surface area contributed by atoms with Gasteiger partial charge >= 0.3 is 0 Å². The minimum Gasteiger partial charge on any atom is -0.508 e. The minimum atomic E-state index is -0.152. The van der Waals surface area contributed by atoms with Crippen LogP contribution in [0.2, 0.25) is 0 Å². The van der Waals surface area contributed by atoms with E-state index in [4.69, 9.17) is 10.8 Å². The van der Waals surface area contributed by atoms with Gasteiger partial charge in [0.05, 0.1) is 0 Å². The Balaban J connectivity index is 2.99. The van der Waals surface area contributed by atoms with Crippen LogP contribution in [0.15, 0.2) is 18.2 Å². The van der Waals surface area contributed by atoms with Crippen LogP contribution in [0.4, 0.5) is 5.69 Å². The van der Waals surface area contributed by atoms with Gasteiger partial charge in [0.2, 0.25) is 5.91 Å². The first-order valence-corrected chi connectivity index (χ1v) is 3.93. The summed E-state index contributed by atoms with van der Waals surface area (Å²) in [6.07, 6.45) is 0. The van der Waals surface area contributed by atoms with Crippen LogP contribution in [-0.2, 0) is 11.3 Å². The summed E-state index contributed by atoms with van der Waals surface area (Å²) in [6, 6.07) is 4.66. The predicted molar refractivity (Wildman–Crippen MR) is 50.3 cm³/mol. The zero-order valence-corrected chi connectivity index (χ0v) is 7.37. The monoisotopic (exact) mass is 180 g/mol. The summed E-state index contributed by atoms with van der Waals surface area (Å²) in [5, 5.41) is 11.8. The molecule has 4 nitrogen and oxygen atoms in total. The minimum absolute atomic E-state index is 0.148. The quantitative estimate of drug-likeness (QED) is 0.589. The topological polar surface area (TPSA) is 75.3 Å². The van der Waals surface area contributed by atoms with E-state index in [1.807, 2.05) is 0 Å². The van der Waals surface area contributed by atoms with Gasteiger partial charge in [-0.2, -0.15) is 0 Å². The Morgan fingerprint density at radius 3 is 2.85 bits per heavy atom. The van der Waals surface area contributed by atoms with Crippen molar-refractivity contribution in [3.8, 4) is 5.75 Å². The van der Waals surface area contributed by atoms with Crippen molar-refractivity contribution in [2.75, 3.05) is 5.32 Å². The van der Waals surface area contributed by atoms with Gasteiger partial charge in [0, 0.05) is 19.2 Å². The second kappa shape index (κ2) is 3.91. The number of hydrogen-bond donors (Lipinski definition) is 3. The van der Waals surface area contributed by atoms with E-state index >= 15 is 0 Å². The standard InChI is InChI=1S/C9H12N2O2/c1-6(12)11-9-3-2-8(13)4-7(9)5-10/h2-4,13H,5,10H2,1H3,(H,11,12). The number of carbonyl (C=O) groups excluding carboxylic acids is 1. The molecule has 0 heterocycles. The zero-order chi connectivity index (χ0) is 9.84. The second-order valence-electron chi connectivity index (χ2n) is 2.73. The lowest BCUT2D eigenvalue weighted by molar-refractivity contribution is -0.114. The second-order valence-corrected chi connectivity index (χ2v) is 2.73. The number of nitrogens with one attached hydrogen (secondary N) is 1. The average Bonchev–Trinajstić information content (AvgIpc) is 2.07. The molecule has 70 valence electrons. The van der Waals surface area contributed by atoms with Gasteiger partial charge in [0.25, 0.3) is 0 Å². The Morgan fingerprint density at radius 1 is 1.62 bits per heavy atom. The van der Waals surface area contributed by atoms with Crippen LogP contribution in [0, 0.1) is 0 Å². The molecular weight excluding hydrogens is 168 g/mol. The number of phenols is 1. The fourth-order valence-corrected chi connectivity index (χ4v) is 1.06. The van der Waals surface area contributed by atoms with Crippen molar-refractivity contribution in [2.24, 2.45) is 5.73 Å². The summed E-state index contributed by atoms with van der Waals surface area (Å²) in [7, 11) is 0. The Kier molecular flexibility index (Phi) is 2.87. The highest BCUT2D eigenvalue weighted by Gasteiger charge is 2.02. The van der Waals surface area contributed by atoms with Crippen molar-refractivity contribution in [1.82, 2.24) is 0 Å². The zero-order valence-electron chi connectivity index (χ0n) is 7.37. The van der Waals surface area contributed by atoms with E-state index in [0.29, 0.717) is 5.69 Å². The van der Waals surface area contributed by atoms with E-state index in [1.54, 1.807) is 6.07 Å². The van der Waals surface area contributed by atoms with Gasteiger partial charge in [-0.25, -0.2) is 0 Å². The Hall–Kier alpha value is -1.55. The highest BCUT2D eigenvalue weighted by atomic mass is 16.3. The molecule has 0 radical (unpaired) electrons. The van der Waals surface area contributed by atoms with Gasteiger partial charge in [-0.15, -0.1) is 0 Å². The lowest BCUT2D eigenvalue weighted by Gasteiger charge is -2.07. The molecule has 0 fully saturated rings. The average molecular weight is 180 g/mol. The molecule has 0 unspecified atom stereocenters. The molecule has 4 heteroatoms. The summed E-state index contributed by atoms with van der Waals surface area (Å²) in [5.41, 5.74) is 6.80. The predicted octanol–water partition coefficient (Wildman–Crippen LogP) is 0.809. The normalized spacial score (nSPS) is 9.69. The molecule has 0 bridgehead atoms. The van der Waals surface area contributed by atoms with Crippen LogP contribution >= 0.6 is 0 Å². The fourth-order valence-electron chi connectivity index (χ4n) is 1.06. The van der Waals surface area contributed by atoms with E-state index in [2.05, 4.69) is 5.32 Å². The van der Waals surface area contributed by atoms with Gasteiger partial charge in [0.1, 0.15) is 5.75 Å². The lowest BCUT2D eigenvalue weighted by atomic mass is 10.1. The van der Waals surface area contributed by atoms with E-state index in [0.717, 1.165) is 5.56 Å². The first-order chi connectivity index (χ1) is 6.13. The third-order valence-corrected chi connectivity index (χ3v) is 1.62. The first kappa shape index (κ1) is 9.54. The van der Waals surface area contributed by atoms with Gasteiger partial charge in [-0.3, -0.25) is 4.79 Å². The van der Waals surface area contributed by atoms with E-state index in [-0.39, 0.29) is 18.2 Å². The van der Waals surface area contributed by atoms with Crippen molar-refractivity contribution in [3.63, 3.8) is 0 Å². The molecule has 13 heavy (non-hydrogen) atoms. The summed E-state index contributed by atoms with van der Waals surface area (Å²) < 4.78 is 0. The van der Waals surface area contributed by atoms with Crippen LogP contribution in [-0.4, -0.2) is 11.0 Å². The summed E-state index contributed by atoms with van der Waals surface area (Å²) in [5.74, 6) is -0.00468. The van der Waals surface area contributed by atoms with Crippen LogP contribution in [0.1, 0.15) is 12.5 Å². The third kappa shape index (κ3) is 2.45. The van der Waals surface area contributed by atoms with Crippen molar-refractivity contribution < 1.29 is 9.90 Å². The van der Waals surface area contributed by atoms with Crippen molar-refractivity contribution in [2.45, 2.75) is 13.5 Å². The van der Waals surface area contributed by atoms with Crippen LogP contribution in [0.25, 0.3) is 0 Å². The molecule has 0 spiro atoms. The molecule has 1 rings (SSSR count). The maximum atomic E-state index is 10.8. The number of amides is 1. The molecule has 0 aromatic heterocycles. The van der Waals surface area contributed by atoms with E-state index < -0.39 is 0 Å². The van der Waals surface area contributed by atoms with Crippen molar-refractivity contribution in [3.05, 3.63) is 23.8 Å². The molecular formula is C9H12N2O2. The van der Waals surface area contributed by atoms with Crippen LogP contribution in [0.5, 0.6) is 5.75 Å². The van der Waals surface area contributed by atoms with Crippen LogP contribution < -0.4 is 11.1 Å². The number of aromatic hydroxyl groups is 1. The fraction of sp³-hybridized carbons (Fsp3) is 0.222. The number of anilines is 1. The highest BCUT2D eigenvalue weighted by molar-refractivity contribution is 5.89. The molecule has 0 aliphatic rings. The van der Waals surface area contributed by atoms with Crippen molar-refractivity contribution >= 4 is 11.6 Å². The summed E-state index contributed by atoms with van der Waals surface area (Å²) in [6.45, 7) is 1.71. The van der Waals surface area contributed by atoms with Gasteiger partial charge in [0.15, 0.2) is 0 Å². The first-order valence-electron chi connectivity index (χ1n) is 3.93. The summed E-state index contributed by atoms with van der Waals surface area (Å²) in [4.78, 5) is 10.8. The number of hydrogen-bond acceptors (Lipinski definition) is 3. The van der Waals surface area contributed by atoms with Gasteiger partial charge < -0.3 is 16.2 Å².